The lowest BCUT2D eigenvalue weighted by Crippen LogP contribution is -2.44. The number of halogens is 1. The SMILES string of the molecule is COC(=O)C(CO)NC(=O)c1ccc(Br)cc1. The van der Waals surface area contributed by atoms with Crippen molar-refractivity contribution in [3.05, 3.63) is 34.3 Å². The number of aliphatic hydroxyl groups excluding tert-OH is 1. The zero-order chi connectivity index (χ0) is 12.8. The van der Waals surface area contributed by atoms with Crippen molar-refractivity contribution in [3.8, 4) is 0 Å². The molecule has 1 rings (SSSR count). The Bertz CT molecular complexity index is 404. The maximum Gasteiger partial charge on any atom is 0.330 e. The van der Waals surface area contributed by atoms with Gasteiger partial charge >= 0.3 is 5.97 Å². The Balaban J connectivity index is 2.71. The first kappa shape index (κ1) is 13.7. The van der Waals surface area contributed by atoms with Crippen LogP contribution in [0.5, 0.6) is 0 Å². The number of amides is 1. The third kappa shape index (κ3) is 3.83. The van der Waals surface area contributed by atoms with Gasteiger partial charge < -0.3 is 15.2 Å². The van der Waals surface area contributed by atoms with Crippen molar-refractivity contribution in [1.29, 1.82) is 0 Å². The van der Waals surface area contributed by atoms with E-state index in [1.54, 1.807) is 24.3 Å². The van der Waals surface area contributed by atoms with Crippen LogP contribution < -0.4 is 5.32 Å². The first-order chi connectivity index (χ1) is 8.08. The van der Waals surface area contributed by atoms with Crippen molar-refractivity contribution in [2.45, 2.75) is 6.04 Å². The maximum absolute atomic E-state index is 11.7. The monoisotopic (exact) mass is 301 g/mol. The van der Waals surface area contributed by atoms with E-state index in [2.05, 4.69) is 26.0 Å². The highest BCUT2D eigenvalue weighted by Gasteiger charge is 2.20. The normalized spacial score (nSPS) is 11.7. The predicted octanol–water partition coefficient (Wildman–Crippen LogP) is 0.713. The standard InChI is InChI=1S/C11H12BrNO4/c1-17-11(16)9(6-14)13-10(15)7-2-4-8(12)5-3-7/h2-5,9,14H,6H2,1H3,(H,13,15). The summed E-state index contributed by atoms with van der Waals surface area (Å²) in [5.74, 6) is -1.13. The van der Waals surface area contributed by atoms with E-state index in [-0.39, 0.29) is 0 Å². The van der Waals surface area contributed by atoms with Crippen molar-refractivity contribution >= 4 is 27.8 Å². The average molecular weight is 302 g/mol. The van der Waals surface area contributed by atoms with Crippen LogP contribution in [0.25, 0.3) is 0 Å². The number of nitrogens with one attached hydrogen (secondary N) is 1. The van der Waals surface area contributed by atoms with Gasteiger partial charge in [0.2, 0.25) is 0 Å². The fourth-order valence-electron chi connectivity index (χ4n) is 1.16. The molecule has 0 fully saturated rings. The second-order valence-electron chi connectivity index (χ2n) is 3.24. The topological polar surface area (TPSA) is 75.6 Å². The molecule has 0 heterocycles. The first-order valence-electron chi connectivity index (χ1n) is 4.83. The summed E-state index contributed by atoms with van der Waals surface area (Å²) in [4.78, 5) is 22.9. The Morgan fingerprint density at radius 3 is 2.47 bits per heavy atom. The number of hydrogen-bond donors (Lipinski definition) is 2. The molecule has 1 unspecified atom stereocenters. The van der Waals surface area contributed by atoms with Crippen molar-refractivity contribution in [3.63, 3.8) is 0 Å². The Hall–Kier alpha value is -1.40. The van der Waals surface area contributed by atoms with Gasteiger partial charge in [0.25, 0.3) is 5.91 Å². The van der Waals surface area contributed by atoms with E-state index in [0.717, 1.165) is 4.47 Å². The number of benzene rings is 1. The zero-order valence-corrected chi connectivity index (χ0v) is 10.7. The molecular weight excluding hydrogens is 290 g/mol. The van der Waals surface area contributed by atoms with E-state index in [1.807, 2.05) is 0 Å². The highest BCUT2D eigenvalue weighted by molar-refractivity contribution is 9.10. The fraction of sp³-hybridized carbons (Fsp3) is 0.273. The summed E-state index contributed by atoms with van der Waals surface area (Å²) >= 11 is 3.25. The lowest BCUT2D eigenvalue weighted by Gasteiger charge is -2.13. The van der Waals surface area contributed by atoms with Gasteiger partial charge in [-0.05, 0) is 24.3 Å². The lowest BCUT2D eigenvalue weighted by molar-refractivity contribution is -0.143. The van der Waals surface area contributed by atoms with Crippen LogP contribution in [0.1, 0.15) is 10.4 Å². The first-order valence-corrected chi connectivity index (χ1v) is 5.63. The molecule has 0 spiro atoms. The van der Waals surface area contributed by atoms with Crippen molar-refractivity contribution in [2.75, 3.05) is 13.7 Å². The van der Waals surface area contributed by atoms with Crippen LogP contribution >= 0.6 is 15.9 Å². The van der Waals surface area contributed by atoms with E-state index >= 15 is 0 Å². The van der Waals surface area contributed by atoms with Gasteiger partial charge in [-0.2, -0.15) is 0 Å². The number of ether oxygens (including phenoxy) is 1. The van der Waals surface area contributed by atoms with E-state index in [9.17, 15) is 9.59 Å². The van der Waals surface area contributed by atoms with Crippen molar-refractivity contribution < 1.29 is 19.4 Å². The van der Waals surface area contributed by atoms with E-state index < -0.39 is 24.5 Å². The molecule has 0 aliphatic carbocycles. The van der Waals surface area contributed by atoms with Gasteiger partial charge in [0.05, 0.1) is 13.7 Å². The van der Waals surface area contributed by atoms with Crippen LogP contribution in [0, 0.1) is 0 Å². The summed E-state index contributed by atoms with van der Waals surface area (Å²) < 4.78 is 5.29. The van der Waals surface area contributed by atoms with E-state index in [4.69, 9.17) is 5.11 Å². The van der Waals surface area contributed by atoms with Gasteiger partial charge in [-0.15, -0.1) is 0 Å². The third-order valence-corrected chi connectivity index (χ3v) is 2.61. The minimum absolute atomic E-state index is 0.399. The lowest BCUT2D eigenvalue weighted by atomic mass is 10.2. The summed E-state index contributed by atoms with van der Waals surface area (Å²) in [6.07, 6.45) is 0. The van der Waals surface area contributed by atoms with Crippen LogP contribution in [-0.4, -0.2) is 36.7 Å². The smallest absolute Gasteiger partial charge is 0.330 e. The molecule has 5 nitrogen and oxygen atoms in total. The zero-order valence-electron chi connectivity index (χ0n) is 9.14. The predicted molar refractivity (Wildman–Crippen MR) is 64.5 cm³/mol. The molecule has 2 N–H and O–H groups in total. The van der Waals surface area contributed by atoms with Crippen LogP contribution in [0.15, 0.2) is 28.7 Å². The molecule has 0 radical (unpaired) electrons. The molecule has 17 heavy (non-hydrogen) atoms. The molecule has 0 saturated carbocycles. The molecular formula is C11H12BrNO4. The largest absolute Gasteiger partial charge is 0.467 e. The highest BCUT2D eigenvalue weighted by Crippen LogP contribution is 2.10. The minimum Gasteiger partial charge on any atom is -0.467 e. The molecule has 0 bridgehead atoms. The minimum atomic E-state index is -1.05. The molecule has 0 aromatic heterocycles. The molecule has 92 valence electrons. The summed E-state index contributed by atoms with van der Waals surface area (Å²) in [5, 5.41) is 11.3. The number of carbonyl (C=O) groups is 2. The van der Waals surface area contributed by atoms with Gasteiger partial charge in [-0.3, -0.25) is 4.79 Å². The van der Waals surface area contributed by atoms with E-state index in [0.29, 0.717) is 5.56 Å². The number of esters is 1. The summed E-state index contributed by atoms with van der Waals surface area (Å²) in [7, 11) is 1.19. The van der Waals surface area contributed by atoms with Crippen LogP contribution in [-0.2, 0) is 9.53 Å². The molecule has 0 saturated heterocycles. The second kappa shape index (κ2) is 6.36. The highest BCUT2D eigenvalue weighted by atomic mass is 79.9. The summed E-state index contributed by atoms with van der Waals surface area (Å²) in [5.41, 5.74) is 0.399. The number of aliphatic hydroxyl groups is 1. The third-order valence-electron chi connectivity index (χ3n) is 2.08. The number of rotatable bonds is 4. The van der Waals surface area contributed by atoms with Gasteiger partial charge in [-0.1, -0.05) is 15.9 Å². The van der Waals surface area contributed by atoms with Gasteiger partial charge in [-0.25, -0.2) is 4.79 Å². The fourth-order valence-corrected chi connectivity index (χ4v) is 1.43. The molecule has 0 aliphatic heterocycles. The Morgan fingerprint density at radius 1 is 1.41 bits per heavy atom. The number of carbonyl (C=O) groups excluding carboxylic acids is 2. The average Bonchev–Trinajstić information content (AvgIpc) is 2.35. The van der Waals surface area contributed by atoms with Crippen LogP contribution in [0.3, 0.4) is 0 Å². The van der Waals surface area contributed by atoms with Gasteiger partial charge in [0, 0.05) is 10.0 Å². The second-order valence-corrected chi connectivity index (χ2v) is 4.15. The summed E-state index contributed by atoms with van der Waals surface area (Å²) in [6, 6.07) is 5.58. The number of hydrogen-bond acceptors (Lipinski definition) is 4. The van der Waals surface area contributed by atoms with Crippen molar-refractivity contribution in [1.82, 2.24) is 5.32 Å². The molecule has 1 amide bonds. The van der Waals surface area contributed by atoms with Gasteiger partial charge in [0.1, 0.15) is 0 Å². The summed E-state index contributed by atoms with van der Waals surface area (Å²) in [6.45, 7) is -0.505. The quantitative estimate of drug-likeness (QED) is 0.803. The van der Waals surface area contributed by atoms with Crippen LogP contribution in [0.2, 0.25) is 0 Å². The maximum atomic E-state index is 11.7. The molecule has 6 heteroatoms. The molecule has 1 atom stereocenters. The number of methoxy groups -OCH3 is 1. The van der Waals surface area contributed by atoms with Crippen LogP contribution in [0.4, 0.5) is 0 Å². The van der Waals surface area contributed by atoms with Gasteiger partial charge in [0.15, 0.2) is 6.04 Å². The van der Waals surface area contributed by atoms with E-state index in [1.165, 1.54) is 7.11 Å². The Morgan fingerprint density at radius 2 is 2.00 bits per heavy atom. The molecule has 1 aromatic rings. The Kier molecular flexibility index (Phi) is 5.11. The molecule has 1 aromatic carbocycles. The van der Waals surface area contributed by atoms with Crippen molar-refractivity contribution in [2.24, 2.45) is 0 Å². The molecule has 0 aliphatic rings. The Labute approximate surface area is 107 Å².